The van der Waals surface area contributed by atoms with E-state index < -0.39 is 0 Å². The van der Waals surface area contributed by atoms with Gasteiger partial charge in [-0.05, 0) is 24.3 Å². The molecule has 5 heteroatoms. The zero-order chi connectivity index (χ0) is 9.80. The van der Waals surface area contributed by atoms with E-state index in [0.717, 1.165) is 11.4 Å². The van der Waals surface area contributed by atoms with E-state index in [1.807, 2.05) is 24.3 Å². The second-order valence-electron chi connectivity index (χ2n) is 2.71. The summed E-state index contributed by atoms with van der Waals surface area (Å²) in [6, 6.07) is 7.34. The van der Waals surface area contributed by atoms with Gasteiger partial charge in [0.25, 0.3) is 0 Å². The molecule has 2 aromatic rings. The van der Waals surface area contributed by atoms with E-state index in [1.54, 1.807) is 0 Å². The summed E-state index contributed by atoms with van der Waals surface area (Å²) in [4.78, 5) is 11.6. The van der Waals surface area contributed by atoms with Crippen molar-refractivity contribution in [2.24, 2.45) is 0 Å². The molecule has 0 spiro atoms. The van der Waals surface area contributed by atoms with Gasteiger partial charge in [-0.2, -0.15) is 0 Å². The first-order valence-corrected chi connectivity index (χ1v) is 4.09. The van der Waals surface area contributed by atoms with E-state index >= 15 is 0 Å². The number of aromatic nitrogens is 3. The quantitative estimate of drug-likeness (QED) is 0.691. The molecule has 1 aromatic carbocycles. The topological polar surface area (TPSA) is 76.7 Å². The molecule has 3 N–H and O–H groups in total. The number of nitrogens with one attached hydrogen (secondary N) is 1. The van der Waals surface area contributed by atoms with E-state index in [2.05, 4.69) is 20.3 Å². The van der Waals surface area contributed by atoms with Crippen molar-refractivity contribution in [1.82, 2.24) is 15.0 Å². The monoisotopic (exact) mass is 187 g/mol. The van der Waals surface area contributed by atoms with Gasteiger partial charge in [-0.25, -0.2) is 15.0 Å². The summed E-state index contributed by atoms with van der Waals surface area (Å²) in [6.45, 7) is 0. The van der Waals surface area contributed by atoms with Crippen LogP contribution in [0.25, 0.3) is 0 Å². The number of anilines is 3. The Bertz CT molecular complexity index is 397. The maximum atomic E-state index is 5.55. The Morgan fingerprint density at radius 1 is 1.00 bits per heavy atom. The first kappa shape index (κ1) is 8.43. The van der Waals surface area contributed by atoms with Crippen LogP contribution < -0.4 is 11.1 Å². The highest BCUT2D eigenvalue weighted by molar-refractivity contribution is 5.56. The van der Waals surface area contributed by atoms with Gasteiger partial charge in [0.1, 0.15) is 12.7 Å². The van der Waals surface area contributed by atoms with Crippen LogP contribution in [0.15, 0.2) is 36.9 Å². The number of nitrogens with zero attached hydrogens (tertiary/aromatic N) is 3. The van der Waals surface area contributed by atoms with Crippen LogP contribution >= 0.6 is 0 Å². The fourth-order valence-electron chi connectivity index (χ4n) is 0.999. The van der Waals surface area contributed by atoms with Crippen molar-refractivity contribution in [1.29, 1.82) is 0 Å². The molecule has 0 amide bonds. The molecule has 5 nitrogen and oxygen atoms in total. The minimum absolute atomic E-state index is 0.518. The molecule has 0 saturated carbocycles. The third-order valence-electron chi connectivity index (χ3n) is 1.66. The summed E-state index contributed by atoms with van der Waals surface area (Å²) >= 11 is 0. The molecule has 0 radical (unpaired) electrons. The molecule has 0 aliphatic carbocycles. The molecule has 1 aromatic heterocycles. The molecule has 70 valence electrons. The molecule has 14 heavy (non-hydrogen) atoms. The summed E-state index contributed by atoms with van der Waals surface area (Å²) in [6.07, 6.45) is 2.87. The van der Waals surface area contributed by atoms with Crippen LogP contribution in [0.1, 0.15) is 0 Å². The Morgan fingerprint density at radius 3 is 2.29 bits per heavy atom. The highest BCUT2D eigenvalue weighted by Gasteiger charge is 1.94. The molecule has 0 atom stereocenters. The predicted molar refractivity (Wildman–Crippen MR) is 54.0 cm³/mol. The SMILES string of the molecule is Nc1ccc(Nc2ncncn2)cc1. The summed E-state index contributed by atoms with van der Waals surface area (Å²) in [5.74, 6) is 0.518. The Labute approximate surface area is 81.0 Å². The van der Waals surface area contributed by atoms with Crippen LogP contribution in [0, 0.1) is 0 Å². The number of nitrogen functional groups attached to an aromatic ring is 1. The second kappa shape index (κ2) is 3.69. The second-order valence-corrected chi connectivity index (χ2v) is 2.71. The van der Waals surface area contributed by atoms with Crippen molar-refractivity contribution in [3.63, 3.8) is 0 Å². The first-order chi connectivity index (χ1) is 6.84. The number of hydrogen-bond acceptors (Lipinski definition) is 5. The zero-order valence-electron chi connectivity index (χ0n) is 7.38. The maximum absolute atomic E-state index is 5.55. The van der Waals surface area contributed by atoms with Gasteiger partial charge in [0.15, 0.2) is 0 Å². The van der Waals surface area contributed by atoms with Crippen LogP contribution in [-0.4, -0.2) is 15.0 Å². The standard InChI is InChI=1S/C9H9N5/c10-7-1-3-8(4-2-7)14-9-12-5-11-6-13-9/h1-6H,10H2,(H,11,12,13,14). The van der Waals surface area contributed by atoms with Crippen LogP contribution in [-0.2, 0) is 0 Å². The predicted octanol–water partition coefficient (Wildman–Crippen LogP) is 1.20. The highest BCUT2D eigenvalue weighted by atomic mass is 15.1. The van der Waals surface area contributed by atoms with Crippen LogP contribution in [0.5, 0.6) is 0 Å². The van der Waals surface area contributed by atoms with Gasteiger partial charge in [-0.15, -0.1) is 0 Å². The number of nitrogens with two attached hydrogens (primary N) is 1. The van der Waals surface area contributed by atoms with Gasteiger partial charge in [0.2, 0.25) is 5.95 Å². The number of hydrogen-bond donors (Lipinski definition) is 2. The zero-order valence-corrected chi connectivity index (χ0v) is 7.38. The highest BCUT2D eigenvalue weighted by Crippen LogP contribution is 2.13. The van der Waals surface area contributed by atoms with Gasteiger partial charge in [0.05, 0.1) is 0 Å². The molecule has 0 aliphatic rings. The molecular weight excluding hydrogens is 178 g/mol. The fourth-order valence-corrected chi connectivity index (χ4v) is 0.999. The Morgan fingerprint density at radius 2 is 1.64 bits per heavy atom. The Kier molecular flexibility index (Phi) is 2.22. The third kappa shape index (κ3) is 1.95. The summed E-state index contributed by atoms with van der Waals surface area (Å²) in [5.41, 5.74) is 7.17. The summed E-state index contributed by atoms with van der Waals surface area (Å²) < 4.78 is 0. The third-order valence-corrected chi connectivity index (χ3v) is 1.66. The van der Waals surface area contributed by atoms with Gasteiger partial charge in [0, 0.05) is 11.4 Å². The summed E-state index contributed by atoms with van der Waals surface area (Å²) in [7, 11) is 0. The minimum atomic E-state index is 0.518. The molecule has 1 heterocycles. The Hall–Kier alpha value is -2.17. The van der Waals surface area contributed by atoms with E-state index in [1.165, 1.54) is 12.7 Å². The fraction of sp³-hybridized carbons (Fsp3) is 0. The molecule has 0 unspecified atom stereocenters. The van der Waals surface area contributed by atoms with Gasteiger partial charge in [-0.1, -0.05) is 0 Å². The largest absolute Gasteiger partial charge is 0.399 e. The molecule has 0 fully saturated rings. The molecule has 0 saturated heterocycles. The van der Waals surface area contributed by atoms with E-state index in [-0.39, 0.29) is 0 Å². The molecule has 0 aliphatic heterocycles. The van der Waals surface area contributed by atoms with E-state index in [4.69, 9.17) is 5.73 Å². The van der Waals surface area contributed by atoms with Gasteiger partial charge < -0.3 is 11.1 Å². The van der Waals surface area contributed by atoms with Crippen LogP contribution in [0.3, 0.4) is 0 Å². The first-order valence-electron chi connectivity index (χ1n) is 4.09. The molecule has 2 rings (SSSR count). The van der Waals surface area contributed by atoms with Crippen LogP contribution in [0.4, 0.5) is 17.3 Å². The van der Waals surface area contributed by atoms with Crippen molar-refractivity contribution in [2.45, 2.75) is 0 Å². The lowest BCUT2D eigenvalue weighted by atomic mass is 10.3. The maximum Gasteiger partial charge on any atom is 0.230 e. The average Bonchev–Trinajstić information content (AvgIpc) is 2.23. The van der Waals surface area contributed by atoms with Gasteiger partial charge >= 0.3 is 0 Å². The Balaban J connectivity index is 2.16. The summed E-state index contributed by atoms with van der Waals surface area (Å²) in [5, 5.41) is 3.01. The van der Waals surface area contributed by atoms with Crippen molar-refractivity contribution in [3.05, 3.63) is 36.9 Å². The normalized spacial score (nSPS) is 9.71. The average molecular weight is 187 g/mol. The van der Waals surface area contributed by atoms with Gasteiger partial charge in [-0.3, -0.25) is 0 Å². The lowest BCUT2D eigenvalue weighted by Crippen LogP contribution is -1.96. The van der Waals surface area contributed by atoms with E-state index in [0.29, 0.717) is 5.95 Å². The van der Waals surface area contributed by atoms with Crippen molar-refractivity contribution in [3.8, 4) is 0 Å². The molecular formula is C9H9N5. The van der Waals surface area contributed by atoms with Crippen molar-refractivity contribution >= 4 is 17.3 Å². The molecule has 0 bridgehead atoms. The number of benzene rings is 1. The number of rotatable bonds is 2. The lowest BCUT2D eigenvalue weighted by molar-refractivity contribution is 1.05. The smallest absolute Gasteiger partial charge is 0.230 e. The van der Waals surface area contributed by atoms with Crippen molar-refractivity contribution < 1.29 is 0 Å². The van der Waals surface area contributed by atoms with E-state index in [9.17, 15) is 0 Å². The van der Waals surface area contributed by atoms with Crippen LogP contribution in [0.2, 0.25) is 0 Å². The minimum Gasteiger partial charge on any atom is -0.399 e. The lowest BCUT2D eigenvalue weighted by Gasteiger charge is -2.03. The van der Waals surface area contributed by atoms with Crippen molar-refractivity contribution in [2.75, 3.05) is 11.1 Å².